The zero-order valence-corrected chi connectivity index (χ0v) is 10.5. The van der Waals surface area contributed by atoms with Gasteiger partial charge in [-0.3, -0.25) is 0 Å². The summed E-state index contributed by atoms with van der Waals surface area (Å²) in [6, 6.07) is 0. The van der Waals surface area contributed by atoms with E-state index in [0.717, 1.165) is 12.8 Å². The van der Waals surface area contributed by atoms with Crippen molar-refractivity contribution in [2.45, 2.75) is 52.6 Å². The third-order valence-electron chi connectivity index (χ3n) is 3.84. The fourth-order valence-corrected chi connectivity index (χ4v) is 2.19. The fraction of sp³-hybridized carbons (Fsp3) is 0.714. The lowest BCUT2D eigenvalue weighted by atomic mass is 9.70. The van der Waals surface area contributed by atoms with Gasteiger partial charge in [0.1, 0.15) is 5.60 Å². The maximum absolute atomic E-state index is 10.2. The maximum atomic E-state index is 10.2. The van der Waals surface area contributed by atoms with Crippen molar-refractivity contribution in [3.63, 3.8) is 0 Å². The molecule has 0 fully saturated rings. The maximum Gasteiger partial charge on any atom is 0.101 e. The molecule has 0 bridgehead atoms. The second kappa shape index (κ2) is 4.52. The molecule has 0 aromatic heterocycles. The molecule has 2 atom stereocenters. The van der Waals surface area contributed by atoms with E-state index in [9.17, 15) is 5.11 Å². The third kappa shape index (κ3) is 2.94. The van der Waals surface area contributed by atoms with E-state index in [1.165, 1.54) is 6.42 Å². The largest absolute Gasteiger partial charge is 0.382 e. The molecule has 0 radical (unpaired) electrons. The second-order valence-corrected chi connectivity index (χ2v) is 5.34. The number of aliphatic hydroxyl groups is 1. The van der Waals surface area contributed by atoms with Gasteiger partial charge < -0.3 is 5.11 Å². The Balaban J connectivity index is 2.74. The second-order valence-electron chi connectivity index (χ2n) is 5.34. The molecule has 15 heavy (non-hydrogen) atoms. The summed E-state index contributed by atoms with van der Waals surface area (Å²) in [6.07, 6.45) is 11.1. The van der Waals surface area contributed by atoms with Crippen LogP contribution in [0.1, 0.15) is 47.0 Å². The molecule has 1 N–H and O–H groups in total. The first kappa shape index (κ1) is 12.5. The topological polar surface area (TPSA) is 20.2 Å². The smallest absolute Gasteiger partial charge is 0.101 e. The summed E-state index contributed by atoms with van der Waals surface area (Å²) in [5.41, 5.74) is -0.331. The Morgan fingerprint density at radius 2 is 2.20 bits per heavy atom. The minimum atomic E-state index is -0.685. The Kier molecular flexibility index (Phi) is 3.77. The van der Waals surface area contributed by atoms with Gasteiger partial charge in [0.05, 0.1) is 0 Å². The van der Waals surface area contributed by atoms with Gasteiger partial charge in [0.2, 0.25) is 0 Å². The van der Waals surface area contributed by atoms with E-state index in [0.29, 0.717) is 11.3 Å². The highest BCUT2D eigenvalue weighted by atomic mass is 16.3. The van der Waals surface area contributed by atoms with Crippen LogP contribution >= 0.6 is 0 Å². The molecule has 0 saturated carbocycles. The summed E-state index contributed by atoms with van der Waals surface area (Å²) >= 11 is 0. The third-order valence-corrected chi connectivity index (χ3v) is 3.84. The molecule has 0 heterocycles. The van der Waals surface area contributed by atoms with Crippen molar-refractivity contribution >= 4 is 0 Å². The van der Waals surface area contributed by atoms with E-state index < -0.39 is 5.60 Å². The molecule has 1 aliphatic rings. The van der Waals surface area contributed by atoms with Gasteiger partial charge in [-0.05, 0) is 31.1 Å². The molecule has 0 aliphatic heterocycles. The van der Waals surface area contributed by atoms with Gasteiger partial charge in [-0.2, -0.15) is 0 Å². The van der Waals surface area contributed by atoms with Crippen molar-refractivity contribution in [2.75, 3.05) is 0 Å². The van der Waals surface area contributed by atoms with Crippen LogP contribution in [0.2, 0.25) is 0 Å². The summed E-state index contributed by atoms with van der Waals surface area (Å²) in [5, 5.41) is 10.2. The van der Waals surface area contributed by atoms with Crippen LogP contribution in [0.4, 0.5) is 0 Å². The van der Waals surface area contributed by atoms with Crippen molar-refractivity contribution in [1.29, 1.82) is 0 Å². The highest BCUT2D eigenvalue weighted by Crippen LogP contribution is 2.39. The van der Waals surface area contributed by atoms with Crippen LogP contribution in [0.15, 0.2) is 24.3 Å². The van der Waals surface area contributed by atoms with Gasteiger partial charge in [0, 0.05) is 0 Å². The zero-order valence-electron chi connectivity index (χ0n) is 10.5. The highest BCUT2D eigenvalue weighted by molar-refractivity contribution is 5.18. The molecule has 1 nitrogen and oxygen atoms in total. The lowest BCUT2D eigenvalue weighted by molar-refractivity contribution is 0.0988. The minimum Gasteiger partial charge on any atom is -0.382 e. The number of allylic oxidation sites excluding steroid dienone is 2. The molecule has 0 aromatic carbocycles. The molecule has 0 spiro atoms. The molecule has 0 aromatic rings. The van der Waals surface area contributed by atoms with Crippen LogP contribution in [0.3, 0.4) is 0 Å². The van der Waals surface area contributed by atoms with E-state index >= 15 is 0 Å². The predicted octanol–water partition coefficient (Wildman–Crippen LogP) is 3.70. The van der Waals surface area contributed by atoms with E-state index in [2.05, 4.69) is 26.8 Å². The van der Waals surface area contributed by atoms with Crippen LogP contribution in [-0.4, -0.2) is 10.7 Å². The van der Waals surface area contributed by atoms with Gasteiger partial charge in [0.15, 0.2) is 0 Å². The van der Waals surface area contributed by atoms with Crippen molar-refractivity contribution in [3.05, 3.63) is 24.3 Å². The zero-order chi connectivity index (χ0) is 11.5. The Morgan fingerprint density at radius 1 is 1.53 bits per heavy atom. The average molecular weight is 208 g/mol. The predicted molar refractivity (Wildman–Crippen MR) is 65.7 cm³/mol. The summed E-state index contributed by atoms with van der Waals surface area (Å²) < 4.78 is 0. The fourth-order valence-electron chi connectivity index (χ4n) is 2.19. The highest BCUT2D eigenvalue weighted by Gasteiger charge is 2.32. The van der Waals surface area contributed by atoms with Gasteiger partial charge in [-0.15, -0.1) is 0 Å². The molecule has 1 rings (SSSR count). The first-order valence-electron chi connectivity index (χ1n) is 5.99. The molecule has 0 saturated heterocycles. The van der Waals surface area contributed by atoms with Gasteiger partial charge in [0.25, 0.3) is 0 Å². The van der Waals surface area contributed by atoms with E-state index in [1.807, 2.05) is 25.2 Å². The molecule has 1 aliphatic carbocycles. The molecule has 1 heteroatoms. The first-order valence-corrected chi connectivity index (χ1v) is 5.99. The monoisotopic (exact) mass is 208 g/mol. The van der Waals surface area contributed by atoms with Crippen molar-refractivity contribution in [3.8, 4) is 0 Å². The Morgan fingerprint density at radius 3 is 2.60 bits per heavy atom. The van der Waals surface area contributed by atoms with E-state index in [-0.39, 0.29) is 0 Å². The van der Waals surface area contributed by atoms with Gasteiger partial charge >= 0.3 is 0 Å². The van der Waals surface area contributed by atoms with Crippen LogP contribution in [-0.2, 0) is 0 Å². The van der Waals surface area contributed by atoms with Gasteiger partial charge in [-0.25, -0.2) is 0 Å². The molecule has 86 valence electrons. The summed E-state index contributed by atoms with van der Waals surface area (Å²) in [6.45, 7) is 8.80. The molecule has 2 unspecified atom stereocenters. The quantitative estimate of drug-likeness (QED) is 0.701. The van der Waals surface area contributed by atoms with E-state index in [1.54, 1.807) is 0 Å². The molecular formula is C14H24O. The molecule has 0 amide bonds. The van der Waals surface area contributed by atoms with Crippen LogP contribution in [0, 0.1) is 11.3 Å². The number of hydrogen-bond donors (Lipinski definition) is 1. The normalized spacial score (nSPS) is 32.5. The average Bonchev–Trinajstić information content (AvgIpc) is 2.18. The van der Waals surface area contributed by atoms with Crippen molar-refractivity contribution < 1.29 is 5.11 Å². The van der Waals surface area contributed by atoms with E-state index in [4.69, 9.17) is 0 Å². The standard InChI is InChI=1S/C14H24O/c1-5-9-14(15)10-7-12(8-11-14)13(3,4)6-2/h5,7,9-10,12,15H,6,8,11H2,1-4H3/b9-5+. The number of rotatable bonds is 3. The van der Waals surface area contributed by atoms with Gasteiger partial charge in [-0.1, -0.05) is 51.5 Å². The van der Waals surface area contributed by atoms with Crippen LogP contribution < -0.4 is 0 Å². The molecular weight excluding hydrogens is 184 g/mol. The Labute approximate surface area is 93.9 Å². The van der Waals surface area contributed by atoms with Crippen molar-refractivity contribution in [2.24, 2.45) is 11.3 Å². The van der Waals surface area contributed by atoms with Crippen LogP contribution in [0.25, 0.3) is 0 Å². The SMILES string of the molecule is C/C=C/C1(O)C=CC(C(C)(C)CC)CC1. The Hall–Kier alpha value is -0.560. The lowest BCUT2D eigenvalue weighted by Crippen LogP contribution is -2.32. The first-order chi connectivity index (χ1) is 6.93. The van der Waals surface area contributed by atoms with Crippen molar-refractivity contribution in [1.82, 2.24) is 0 Å². The summed E-state index contributed by atoms with van der Waals surface area (Å²) in [7, 11) is 0. The number of hydrogen-bond acceptors (Lipinski definition) is 1. The minimum absolute atomic E-state index is 0.355. The Bertz CT molecular complexity index is 263. The summed E-state index contributed by atoms with van der Waals surface area (Å²) in [4.78, 5) is 0. The van der Waals surface area contributed by atoms with Crippen LogP contribution in [0.5, 0.6) is 0 Å². The lowest BCUT2D eigenvalue weighted by Gasteiger charge is -2.37. The summed E-state index contributed by atoms with van der Waals surface area (Å²) in [5.74, 6) is 0.605.